The number of anilines is 1. The molecule has 0 amide bonds. The molecule has 17 heteroatoms. The zero-order valence-electron chi connectivity index (χ0n) is 20.5. The van der Waals surface area contributed by atoms with Crippen molar-refractivity contribution in [2.24, 2.45) is 11.8 Å². The van der Waals surface area contributed by atoms with Crippen LogP contribution in [0.2, 0.25) is 10.0 Å². The molecule has 0 bridgehead atoms. The monoisotopic (exact) mass is 629 g/mol. The molecule has 0 spiro atoms. The SMILES string of the molecule is Nc1ncnc2c1ncn2[C@@H]1C[C@H](COP(=O)(O)Oc2ccccc2Cl)[C@H]1COP(=O)(O)Oc1ccccc1Cl. The third-order valence-corrected chi connectivity index (χ3v) is 8.80. The Kier molecular flexibility index (Phi) is 8.37. The Morgan fingerprint density at radius 3 is 2.08 bits per heavy atom. The van der Waals surface area contributed by atoms with Gasteiger partial charge < -0.3 is 19.3 Å². The number of benzene rings is 2. The topological polar surface area (TPSA) is 181 Å². The number of imidazole rings is 1. The molecule has 2 heterocycles. The average molecular weight is 630 g/mol. The largest absolute Gasteiger partial charge is 0.527 e. The molecule has 2 unspecified atom stereocenters. The molecule has 13 nitrogen and oxygen atoms in total. The lowest BCUT2D eigenvalue weighted by Gasteiger charge is -2.45. The van der Waals surface area contributed by atoms with Gasteiger partial charge in [-0.2, -0.15) is 0 Å². The number of phosphoric acid groups is 2. The first kappa shape index (κ1) is 28.8. The number of rotatable bonds is 11. The van der Waals surface area contributed by atoms with Crippen LogP contribution < -0.4 is 14.8 Å². The van der Waals surface area contributed by atoms with Crippen LogP contribution in [0.1, 0.15) is 12.5 Å². The van der Waals surface area contributed by atoms with Crippen LogP contribution in [-0.4, -0.2) is 42.5 Å². The van der Waals surface area contributed by atoms with Crippen LogP contribution in [-0.2, 0) is 18.2 Å². The van der Waals surface area contributed by atoms with E-state index in [4.69, 9.17) is 47.0 Å². The molecule has 5 atom stereocenters. The summed E-state index contributed by atoms with van der Waals surface area (Å²) in [4.78, 5) is 33.1. The lowest BCUT2D eigenvalue weighted by Crippen LogP contribution is -2.43. The quantitative estimate of drug-likeness (QED) is 0.183. The van der Waals surface area contributed by atoms with Crippen molar-refractivity contribution >= 4 is 55.8 Å². The van der Waals surface area contributed by atoms with Gasteiger partial charge in [-0.3, -0.25) is 18.8 Å². The standard InChI is InChI=1S/C23H23Cl2N5O8P2/c24-16-5-1-3-7-19(16)37-39(31,32)35-10-14-9-18(30-13-29-21-22(26)27-12-28-23(21)30)15(14)11-36-40(33,34)38-20-8-4-2-6-17(20)25/h1-8,12-15,18H,9-11H2,(H,31,32)(H,33,34)(H2,26,27,28)/t14-,15-,18-/m1/s1. The zero-order valence-corrected chi connectivity index (χ0v) is 23.8. The molecule has 2 aromatic carbocycles. The van der Waals surface area contributed by atoms with Crippen molar-refractivity contribution in [2.75, 3.05) is 18.9 Å². The minimum atomic E-state index is -4.60. The van der Waals surface area contributed by atoms with Crippen molar-refractivity contribution in [3.05, 3.63) is 71.2 Å². The highest BCUT2D eigenvalue weighted by atomic mass is 35.5. The Hall–Kier alpha value is -2.73. The van der Waals surface area contributed by atoms with E-state index in [1.54, 1.807) is 28.8 Å². The Morgan fingerprint density at radius 2 is 1.48 bits per heavy atom. The smallest absolute Gasteiger partial charge is 0.403 e. The van der Waals surface area contributed by atoms with Gasteiger partial charge in [0.25, 0.3) is 0 Å². The normalized spacial score (nSPS) is 21.8. The summed E-state index contributed by atoms with van der Waals surface area (Å²) in [5.74, 6) is -0.726. The van der Waals surface area contributed by atoms with E-state index in [0.717, 1.165) is 0 Å². The van der Waals surface area contributed by atoms with Crippen molar-refractivity contribution < 1.29 is 37.0 Å². The lowest BCUT2D eigenvalue weighted by atomic mass is 9.70. The maximum Gasteiger partial charge on any atom is 0.527 e. The molecule has 2 aromatic heterocycles. The highest BCUT2D eigenvalue weighted by molar-refractivity contribution is 7.48. The van der Waals surface area contributed by atoms with Gasteiger partial charge in [0, 0.05) is 12.0 Å². The summed E-state index contributed by atoms with van der Waals surface area (Å²) in [6.45, 7) is -0.508. The highest BCUT2D eigenvalue weighted by Crippen LogP contribution is 2.53. The number of nitrogens with zero attached hydrogens (tertiary/aromatic N) is 4. The first-order valence-corrected chi connectivity index (χ1v) is 15.5. The van der Waals surface area contributed by atoms with Crippen molar-refractivity contribution in [1.82, 2.24) is 19.5 Å². The predicted molar refractivity (Wildman–Crippen MR) is 146 cm³/mol. The second-order valence-corrected chi connectivity index (χ2v) is 12.5. The van der Waals surface area contributed by atoms with Crippen LogP contribution in [0.3, 0.4) is 0 Å². The number of halogens is 2. The van der Waals surface area contributed by atoms with E-state index in [9.17, 15) is 18.9 Å². The van der Waals surface area contributed by atoms with Gasteiger partial charge >= 0.3 is 15.6 Å². The number of hydrogen-bond acceptors (Lipinski definition) is 10. The van der Waals surface area contributed by atoms with E-state index >= 15 is 0 Å². The predicted octanol–water partition coefficient (Wildman–Crippen LogP) is 5.28. The summed E-state index contributed by atoms with van der Waals surface area (Å²) in [6.07, 6.45) is 3.26. The fourth-order valence-corrected chi connectivity index (χ4v) is 6.48. The number of hydrogen-bond donors (Lipinski definition) is 3. The van der Waals surface area contributed by atoms with Crippen LogP contribution in [0.5, 0.6) is 11.5 Å². The van der Waals surface area contributed by atoms with Gasteiger partial charge in [-0.1, -0.05) is 47.5 Å². The number of nitrogens with two attached hydrogens (primary N) is 1. The molecule has 1 saturated carbocycles. The summed E-state index contributed by atoms with van der Waals surface area (Å²) < 4.78 is 48.0. The maximum atomic E-state index is 12.7. The van der Waals surface area contributed by atoms with Crippen LogP contribution >= 0.6 is 38.8 Å². The number of nitrogen functional groups attached to an aromatic ring is 1. The van der Waals surface area contributed by atoms with Crippen molar-refractivity contribution in [3.8, 4) is 11.5 Å². The third-order valence-electron chi connectivity index (χ3n) is 6.37. The number of aromatic nitrogens is 4. The van der Waals surface area contributed by atoms with Gasteiger partial charge in [0.1, 0.15) is 23.3 Å². The Morgan fingerprint density at radius 1 is 0.900 bits per heavy atom. The number of para-hydroxylation sites is 2. The molecule has 4 N–H and O–H groups in total. The van der Waals surface area contributed by atoms with E-state index in [2.05, 4.69) is 15.0 Å². The van der Waals surface area contributed by atoms with Gasteiger partial charge in [-0.15, -0.1) is 0 Å². The summed E-state index contributed by atoms with van der Waals surface area (Å²) in [6, 6.07) is 12.0. The van der Waals surface area contributed by atoms with Gasteiger partial charge in [0.2, 0.25) is 0 Å². The molecule has 212 valence electrons. The first-order valence-electron chi connectivity index (χ1n) is 11.8. The Bertz CT molecular complexity index is 1630. The molecule has 4 aromatic rings. The summed E-state index contributed by atoms with van der Waals surface area (Å²) >= 11 is 12.0. The summed E-state index contributed by atoms with van der Waals surface area (Å²) in [5, 5.41) is 0.272. The third kappa shape index (κ3) is 6.43. The molecule has 1 aliphatic carbocycles. The summed E-state index contributed by atoms with van der Waals surface area (Å²) in [5.41, 5.74) is 6.76. The minimum Gasteiger partial charge on any atom is -0.403 e. The van der Waals surface area contributed by atoms with E-state index in [1.807, 2.05) is 0 Å². The Balaban J connectivity index is 1.32. The highest BCUT2D eigenvalue weighted by Gasteiger charge is 2.46. The lowest BCUT2D eigenvalue weighted by molar-refractivity contribution is -0.00444. The van der Waals surface area contributed by atoms with E-state index < -0.39 is 27.5 Å². The molecule has 1 fully saturated rings. The molecule has 0 radical (unpaired) electrons. The molecular weight excluding hydrogens is 607 g/mol. The Labute approximate surface area is 238 Å². The first-order chi connectivity index (χ1) is 19.0. The fraction of sp³-hybridized carbons (Fsp3) is 0.261. The molecule has 40 heavy (non-hydrogen) atoms. The molecular formula is C23H23Cl2N5O8P2. The zero-order chi connectivity index (χ0) is 28.5. The van der Waals surface area contributed by atoms with Gasteiger partial charge in [0.05, 0.1) is 29.6 Å². The average Bonchev–Trinajstić information content (AvgIpc) is 3.31. The van der Waals surface area contributed by atoms with E-state index in [0.29, 0.717) is 17.6 Å². The van der Waals surface area contributed by atoms with E-state index in [1.165, 1.54) is 36.9 Å². The van der Waals surface area contributed by atoms with Crippen LogP contribution in [0.25, 0.3) is 11.2 Å². The number of fused-ring (bicyclic) bond motifs is 1. The van der Waals surface area contributed by atoms with Gasteiger partial charge in [-0.05, 0) is 36.6 Å². The van der Waals surface area contributed by atoms with Crippen LogP contribution in [0, 0.1) is 11.8 Å². The second-order valence-electron chi connectivity index (χ2n) is 8.88. The van der Waals surface area contributed by atoms with Gasteiger partial charge in [-0.25, -0.2) is 24.1 Å². The maximum absolute atomic E-state index is 12.7. The van der Waals surface area contributed by atoms with Crippen LogP contribution in [0.15, 0.2) is 61.2 Å². The minimum absolute atomic E-state index is 0.0125. The second kappa shape index (κ2) is 11.6. The number of phosphoric ester groups is 2. The van der Waals surface area contributed by atoms with E-state index in [-0.39, 0.29) is 46.6 Å². The molecule has 0 saturated heterocycles. The molecule has 1 aliphatic rings. The molecule has 5 rings (SSSR count). The fourth-order valence-electron chi connectivity index (χ4n) is 4.36. The van der Waals surface area contributed by atoms with Crippen molar-refractivity contribution in [1.29, 1.82) is 0 Å². The molecule has 0 aliphatic heterocycles. The van der Waals surface area contributed by atoms with Crippen LogP contribution in [0.4, 0.5) is 5.82 Å². The summed E-state index contributed by atoms with van der Waals surface area (Å²) in [7, 11) is -9.16. The van der Waals surface area contributed by atoms with Crippen molar-refractivity contribution in [3.63, 3.8) is 0 Å². The van der Waals surface area contributed by atoms with Crippen molar-refractivity contribution in [2.45, 2.75) is 12.5 Å². The van der Waals surface area contributed by atoms with Gasteiger partial charge in [0.15, 0.2) is 11.5 Å².